The molecular formula is C15H20N2O3. The number of rotatable bonds is 8. The molecule has 0 unspecified atom stereocenters. The van der Waals surface area contributed by atoms with Crippen molar-refractivity contribution in [3.8, 4) is 11.8 Å². The number of carbonyl (C=O) groups is 1. The van der Waals surface area contributed by atoms with Crippen LogP contribution in [0.25, 0.3) is 0 Å². The van der Waals surface area contributed by atoms with Gasteiger partial charge in [-0.2, -0.15) is 5.26 Å². The van der Waals surface area contributed by atoms with Crippen LogP contribution in [0.15, 0.2) is 24.3 Å². The molecule has 5 nitrogen and oxygen atoms in total. The van der Waals surface area contributed by atoms with Crippen molar-refractivity contribution < 1.29 is 14.6 Å². The predicted octanol–water partition coefficient (Wildman–Crippen LogP) is 2.39. The Kier molecular flexibility index (Phi) is 6.54. The van der Waals surface area contributed by atoms with E-state index < -0.39 is 5.97 Å². The summed E-state index contributed by atoms with van der Waals surface area (Å²) in [5.74, 6) is -0.293. The van der Waals surface area contributed by atoms with Gasteiger partial charge in [-0.25, -0.2) is 4.79 Å². The smallest absolute Gasteiger partial charge is 0.335 e. The molecule has 0 aromatic heterocycles. The molecule has 0 saturated heterocycles. The zero-order chi connectivity index (χ0) is 15.0. The summed E-state index contributed by atoms with van der Waals surface area (Å²) < 4.78 is 5.58. The maximum Gasteiger partial charge on any atom is 0.335 e. The molecule has 1 aromatic rings. The van der Waals surface area contributed by atoms with Crippen molar-refractivity contribution in [1.82, 2.24) is 4.90 Å². The Labute approximate surface area is 119 Å². The number of hydrogen-bond donors (Lipinski definition) is 1. The van der Waals surface area contributed by atoms with Crippen LogP contribution in [0.2, 0.25) is 0 Å². The van der Waals surface area contributed by atoms with Crippen LogP contribution < -0.4 is 4.74 Å². The zero-order valence-corrected chi connectivity index (χ0v) is 11.9. The second kappa shape index (κ2) is 8.18. The van der Waals surface area contributed by atoms with Crippen molar-refractivity contribution in [2.24, 2.45) is 0 Å². The number of benzene rings is 1. The van der Waals surface area contributed by atoms with Crippen molar-refractivity contribution in [3.05, 3.63) is 29.8 Å². The third-order valence-electron chi connectivity index (χ3n) is 2.99. The van der Waals surface area contributed by atoms with Crippen molar-refractivity contribution in [1.29, 1.82) is 5.26 Å². The molecule has 108 valence electrons. The Balaban J connectivity index is 2.42. The van der Waals surface area contributed by atoms with Crippen LogP contribution in [0, 0.1) is 11.3 Å². The van der Waals surface area contributed by atoms with Gasteiger partial charge in [0.25, 0.3) is 0 Å². The maximum absolute atomic E-state index is 10.7. The lowest BCUT2D eigenvalue weighted by molar-refractivity contribution is 0.0697. The third kappa shape index (κ3) is 5.29. The average Bonchev–Trinajstić information content (AvgIpc) is 2.42. The first-order chi connectivity index (χ1) is 9.54. The molecule has 0 saturated carbocycles. The lowest BCUT2D eigenvalue weighted by Gasteiger charge is -2.25. The fraction of sp³-hybridized carbons (Fsp3) is 0.467. The summed E-state index contributed by atoms with van der Waals surface area (Å²) >= 11 is 0. The van der Waals surface area contributed by atoms with Crippen LogP contribution in [0.4, 0.5) is 0 Å². The molecule has 0 heterocycles. The molecule has 0 spiro atoms. The van der Waals surface area contributed by atoms with E-state index in [0.29, 0.717) is 24.8 Å². The minimum absolute atomic E-state index is 0.246. The molecule has 0 amide bonds. The number of carboxylic acids is 1. The van der Waals surface area contributed by atoms with Gasteiger partial charge in [-0.3, -0.25) is 4.90 Å². The highest BCUT2D eigenvalue weighted by Gasteiger charge is 2.09. The molecule has 1 rings (SSSR count). The van der Waals surface area contributed by atoms with E-state index in [2.05, 4.69) is 24.8 Å². The summed E-state index contributed by atoms with van der Waals surface area (Å²) in [6, 6.07) is 8.85. The van der Waals surface area contributed by atoms with E-state index in [1.165, 1.54) is 12.1 Å². The van der Waals surface area contributed by atoms with E-state index in [-0.39, 0.29) is 5.56 Å². The van der Waals surface area contributed by atoms with Crippen LogP contribution in [-0.4, -0.2) is 41.7 Å². The highest BCUT2D eigenvalue weighted by atomic mass is 16.5. The average molecular weight is 276 g/mol. The van der Waals surface area contributed by atoms with Crippen molar-refractivity contribution in [2.75, 3.05) is 19.7 Å². The Morgan fingerprint density at radius 2 is 2.00 bits per heavy atom. The van der Waals surface area contributed by atoms with Crippen LogP contribution in [-0.2, 0) is 0 Å². The topological polar surface area (TPSA) is 73.6 Å². The van der Waals surface area contributed by atoms with Gasteiger partial charge in [0.2, 0.25) is 0 Å². The summed E-state index contributed by atoms with van der Waals surface area (Å²) in [5.41, 5.74) is 0.246. The molecule has 0 aliphatic heterocycles. The van der Waals surface area contributed by atoms with E-state index >= 15 is 0 Å². The van der Waals surface area contributed by atoms with Crippen molar-refractivity contribution in [2.45, 2.75) is 26.3 Å². The molecule has 0 aliphatic rings. The van der Waals surface area contributed by atoms with Gasteiger partial charge in [0.1, 0.15) is 12.4 Å². The first-order valence-corrected chi connectivity index (χ1v) is 6.61. The molecule has 0 atom stereocenters. The second-order valence-electron chi connectivity index (χ2n) is 4.72. The standard InChI is InChI=1S/C15H20N2O3/c1-12(2)17(9-3-8-16)10-11-20-14-6-4-13(5-7-14)15(18)19/h4-7,12H,3,9-11H2,1-2H3,(H,18,19). The summed E-state index contributed by atoms with van der Waals surface area (Å²) in [7, 11) is 0. The van der Waals surface area contributed by atoms with Gasteiger partial charge in [0.05, 0.1) is 11.6 Å². The number of nitriles is 1. The molecule has 5 heteroatoms. The lowest BCUT2D eigenvalue weighted by atomic mass is 10.2. The highest BCUT2D eigenvalue weighted by molar-refractivity contribution is 5.87. The first kappa shape index (κ1) is 16.0. The number of nitrogens with zero attached hydrogens (tertiary/aromatic N) is 2. The van der Waals surface area contributed by atoms with Gasteiger partial charge in [-0.1, -0.05) is 0 Å². The number of aromatic carboxylic acids is 1. The molecule has 0 radical (unpaired) electrons. The van der Waals surface area contributed by atoms with Crippen LogP contribution in [0.3, 0.4) is 0 Å². The third-order valence-corrected chi connectivity index (χ3v) is 2.99. The number of ether oxygens (including phenoxy) is 1. The fourth-order valence-electron chi connectivity index (χ4n) is 1.80. The highest BCUT2D eigenvalue weighted by Crippen LogP contribution is 2.12. The summed E-state index contributed by atoms with van der Waals surface area (Å²) in [6.07, 6.45) is 0.505. The fourth-order valence-corrected chi connectivity index (χ4v) is 1.80. The van der Waals surface area contributed by atoms with E-state index in [4.69, 9.17) is 15.1 Å². The van der Waals surface area contributed by atoms with Gasteiger partial charge < -0.3 is 9.84 Å². The van der Waals surface area contributed by atoms with E-state index in [9.17, 15) is 4.79 Å². The molecule has 0 bridgehead atoms. The molecule has 0 fully saturated rings. The van der Waals surface area contributed by atoms with Gasteiger partial charge >= 0.3 is 5.97 Å². The van der Waals surface area contributed by atoms with Gasteiger partial charge in [-0.15, -0.1) is 0 Å². The molecule has 0 aliphatic carbocycles. The van der Waals surface area contributed by atoms with Gasteiger partial charge in [-0.05, 0) is 38.1 Å². The van der Waals surface area contributed by atoms with Gasteiger partial charge in [0.15, 0.2) is 0 Å². The lowest BCUT2D eigenvalue weighted by Crippen LogP contribution is -2.35. The van der Waals surface area contributed by atoms with Crippen molar-refractivity contribution in [3.63, 3.8) is 0 Å². The molecule has 20 heavy (non-hydrogen) atoms. The largest absolute Gasteiger partial charge is 0.492 e. The molecule has 1 aromatic carbocycles. The summed E-state index contributed by atoms with van der Waals surface area (Å²) in [6.45, 7) is 6.14. The molecular weight excluding hydrogens is 256 g/mol. The molecule has 1 N–H and O–H groups in total. The Hall–Kier alpha value is -2.06. The Bertz CT molecular complexity index is 463. The summed E-state index contributed by atoms with van der Waals surface area (Å²) in [5, 5.41) is 17.4. The quantitative estimate of drug-likeness (QED) is 0.789. The summed E-state index contributed by atoms with van der Waals surface area (Å²) in [4.78, 5) is 12.9. The monoisotopic (exact) mass is 276 g/mol. The van der Waals surface area contributed by atoms with Gasteiger partial charge in [0, 0.05) is 25.6 Å². The maximum atomic E-state index is 10.7. The Morgan fingerprint density at radius 3 is 2.50 bits per heavy atom. The van der Waals surface area contributed by atoms with Crippen LogP contribution in [0.5, 0.6) is 5.75 Å². The normalized spacial score (nSPS) is 10.6. The Morgan fingerprint density at radius 1 is 1.35 bits per heavy atom. The predicted molar refractivity (Wildman–Crippen MR) is 75.8 cm³/mol. The SMILES string of the molecule is CC(C)N(CCC#N)CCOc1ccc(C(=O)O)cc1. The van der Waals surface area contributed by atoms with E-state index in [1.807, 2.05) is 0 Å². The number of carboxylic acid groups (broad SMARTS) is 1. The minimum atomic E-state index is -0.945. The minimum Gasteiger partial charge on any atom is -0.492 e. The van der Waals surface area contributed by atoms with Crippen molar-refractivity contribution >= 4 is 5.97 Å². The van der Waals surface area contributed by atoms with Crippen LogP contribution >= 0.6 is 0 Å². The zero-order valence-electron chi connectivity index (χ0n) is 11.9. The van der Waals surface area contributed by atoms with E-state index in [0.717, 1.165) is 13.1 Å². The van der Waals surface area contributed by atoms with E-state index in [1.54, 1.807) is 12.1 Å². The van der Waals surface area contributed by atoms with Crippen LogP contribution in [0.1, 0.15) is 30.6 Å². The second-order valence-corrected chi connectivity index (χ2v) is 4.72. The first-order valence-electron chi connectivity index (χ1n) is 6.61. The number of hydrogen-bond acceptors (Lipinski definition) is 4.